The molecule has 0 fully saturated rings. The van der Waals surface area contributed by atoms with E-state index in [1.165, 1.54) is 6.07 Å². The minimum absolute atomic E-state index is 0.0521. The Kier molecular flexibility index (Phi) is 4.54. The van der Waals surface area contributed by atoms with Crippen LogP contribution in [0.4, 0.5) is 10.1 Å². The highest BCUT2D eigenvalue weighted by atomic mass is 35.5. The van der Waals surface area contributed by atoms with Crippen LogP contribution in [0.1, 0.15) is 10.4 Å². The maximum Gasteiger partial charge on any atom is 0.258 e. The van der Waals surface area contributed by atoms with Gasteiger partial charge in [0.1, 0.15) is 15.0 Å². The molecule has 0 saturated carbocycles. The van der Waals surface area contributed by atoms with E-state index in [9.17, 15) is 17.6 Å². The van der Waals surface area contributed by atoms with E-state index in [0.29, 0.717) is 0 Å². The molecule has 3 N–H and O–H groups in total. The van der Waals surface area contributed by atoms with Gasteiger partial charge in [0.15, 0.2) is 0 Å². The highest BCUT2D eigenvalue weighted by molar-refractivity contribution is 7.89. The molecular weight excluding hydrogens is 362 g/mol. The number of thiophene rings is 1. The molecule has 0 aliphatic rings. The molecule has 0 saturated heterocycles. The maximum absolute atomic E-state index is 13.2. The lowest BCUT2D eigenvalue weighted by atomic mass is 10.2. The third kappa shape index (κ3) is 3.72. The van der Waals surface area contributed by atoms with Crippen LogP contribution in [0.2, 0.25) is 8.67 Å². The zero-order valence-electron chi connectivity index (χ0n) is 10.1. The second-order valence-electron chi connectivity index (χ2n) is 3.88. The van der Waals surface area contributed by atoms with Gasteiger partial charge in [0, 0.05) is 0 Å². The number of sulfonamides is 1. The number of nitrogens with two attached hydrogens (primary N) is 1. The number of hydrogen-bond acceptors (Lipinski definition) is 4. The number of benzene rings is 1. The number of hydrogen-bond donors (Lipinski definition) is 2. The van der Waals surface area contributed by atoms with Gasteiger partial charge >= 0.3 is 0 Å². The molecule has 0 unspecified atom stereocenters. The zero-order chi connectivity index (χ0) is 15.8. The van der Waals surface area contributed by atoms with Gasteiger partial charge < -0.3 is 5.32 Å². The van der Waals surface area contributed by atoms with E-state index in [0.717, 1.165) is 29.5 Å². The summed E-state index contributed by atoms with van der Waals surface area (Å²) in [6.45, 7) is 0. The molecule has 1 heterocycles. The van der Waals surface area contributed by atoms with Gasteiger partial charge in [-0.25, -0.2) is 17.9 Å². The molecule has 10 heteroatoms. The highest BCUT2D eigenvalue weighted by Crippen LogP contribution is 2.32. The summed E-state index contributed by atoms with van der Waals surface area (Å²) in [5.41, 5.74) is -0.225. The Morgan fingerprint density at radius 2 is 1.95 bits per heavy atom. The Morgan fingerprint density at radius 3 is 2.48 bits per heavy atom. The van der Waals surface area contributed by atoms with Gasteiger partial charge in [-0.15, -0.1) is 11.3 Å². The van der Waals surface area contributed by atoms with Crippen LogP contribution in [0, 0.1) is 5.82 Å². The fourth-order valence-electron chi connectivity index (χ4n) is 1.53. The molecule has 1 aromatic heterocycles. The van der Waals surface area contributed by atoms with Crippen LogP contribution in [0.25, 0.3) is 0 Å². The molecule has 0 aliphatic heterocycles. The second kappa shape index (κ2) is 5.90. The second-order valence-corrected chi connectivity index (χ2v) is 7.69. The van der Waals surface area contributed by atoms with Crippen molar-refractivity contribution in [3.63, 3.8) is 0 Å². The first-order valence-electron chi connectivity index (χ1n) is 5.27. The third-order valence-corrected chi connectivity index (χ3v) is 4.85. The van der Waals surface area contributed by atoms with E-state index in [1.807, 2.05) is 0 Å². The Hall–Kier alpha value is -1.19. The fourth-order valence-corrected chi connectivity index (χ4v) is 3.67. The van der Waals surface area contributed by atoms with Gasteiger partial charge in [0.25, 0.3) is 5.91 Å². The molecule has 21 heavy (non-hydrogen) atoms. The van der Waals surface area contributed by atoms with Crippen molar-refractivity contribution in [2.24, 2.45) is 5.14 Å². The Labute approximate surface area is 133 Å². The lowest BCUT2D eigenvalue weighted by Gasteiger charge is -2.09. The number of rotatable bonds is 3. The molecule has 0 atom stereocenters. The summed E-state index contributed by atoms with van der Waals surface area (Å²) in [6, 6.07) is 4.05. The Balaban J connectivity index is 2.42. The fraction of sp³-hybridized carbons (Fsp3) is 0. The first-order valence-corrected chi connectivity index (χ1v) is 8.39. The molecule has 0 spiro atoms. The molecule has 1 amide bonds. The predicted molar refractivity (Wildman–Crippen MR) is 80.1 cm³/mol. The van der Waals surface area contributed by atoms with Gasteiger partial charge in [-0.2, -0.15) is 0 Å². The summed E-state index contributed by atoms with van der Waals surface area (Å²) in [5.74, 6) is -1.45. The normalized spacial score (nSPS) is 11.4. The van der Waals surface area contributed by atoms with Crippen LogP contribution in [-0.4, -0.2) is 14.3 Å². The Morgan fingerprint density at radius 1 is 1.29 bits per heavy atom. The van der Waals surface area contributed by atoms with Crippen molar-refractivity contribution >= 4 is 56.2 Å². The van der Waals surface area contributed by atoms with Crippen LogP contribution in [-0.2, 0) is 10.0 Å². The highest BCUT2D eigenvalue weighted by Gasteiger charge is 2.19. The monoisotopic (exact) mass is 368 g/mol. The van der Waals surface area contributed by atoms with E-state index >= 15 is 0 Å². The number of nitrogens with one attached hydrogen (secondary N) is 1. The molecule has 0 bridgehead atoms. The zero-order valence-corrected chi connectivity index (χ0v) is 13.2. The van der Waals surface area contributed by atoms with Crippen LogP contribution >= 0.6 is 34.5 Å². The summed E-state index contributed by atoms with van der Waals surface area (Å²) >= 11 is 12.5. The van der Waals surface area contributed by atoms with Crippen molar-refractivity contribution in [2.45, 2.75) is 4.90 Å². The van der Waals surface area contributed by atoms with Gasteiger partial charge in [-0.1, -0.05) is 23.2 Å². The molecule has 1 aromatic carbocycles. The number of amides is 1. The summed E-state index contributed by atoms with van der Waals surface area (Å²) in [4.78, 5) is 11.6. The standard InChI is InChI=1S/C11H7Cl2FN2O3S2/c12-9-4-6(10(13)20-9)11(17)16-7-3-5(14)1-2-8(7)21(15,18)19/h1-4H,(H,16,17)(H2,15,18,19). The van der Waals surface area contributed by atoms with Crippen LogP contribution < -0.4 is 10.5 Å². The van der Waals surface area contributed by atoms with E-state index < -0.39 is 26.6 Å². The molecule has 5 nitrogen and oxygen atoms in total. The van der Waals surface area contributed by atoms with E-state index in [4.69, 9.17) is 28.3 Å². The third-order valence-electron chi connectivity index (χ3n) is 2.40. The minimum Gasteiger partial charge on any atom is -0.321 e. The summed E-state index contributed by atoms with van der Waals surface area (Å²) in [7, 11) is -4.12. The molecule has 2 rings (SSSR count). The average Bonchev–Trinajstić information content (AvgIpc) is 2.67. The minimum atomic E-state index is -4.12. The van der Waals surface area contributed by atoms with Crippen molar-refractivity contribution < 1.29 is 17.6 Å². The summed E-state index contributed by atoms with van der Waals surface area (Å²) in [6.07, 6.45) is 0. The molecule has 2 aromatic rings. The number of anilines is 1. The van der Waals surface area contributed by atoms with Gasteiger partial charge in [-0.05, 0) is 24.3 Å². The average molecular weight is 369 g/mol. The van der Waals surface area contributed by atoms with E-state index in [1.54, 1.807) is 0 Å². The van der Waals surface area contributed by atoms with Gasteiger partial charge in [-0.3, -0.25) is 4.79 Å². The molecule has 112 valence electrons. The summed E-state index contributed by atoms with van der Waals surface area (Å²) in [5, 5.41) is 7.26. The number of halogens is 3. The lowest BCUT2D eigenvalue weighted by Crippen LogP contribution is -2.18. The van der Waals surface area contributed by atoms with Crippen molar-refractivity contribution in [1.29, 1.82) is 0 Å². The van der Waals surface area contributed by atoms with Gasteiger partial charge in [0.2, 0.25) is 10.0 Å². The van der Waals surface area contributed by atoms with Gasteiger partial charge in [0.05, 0.1) is 15.6 Å². The van der Waals surface area contributed by atoms with Crippen molar-refractivity contribution in [2.75, 3.05) is 5.32 Å². The van der Waals surface area contributed by atoms with Crippen LogP contribution in [0.15, 0.2) is 29.2 Å². The topological polar surface area (TPSA) is 89.3 Å². The van der Waals surface area contributed by atoms with Crippen LogP contribution in [0.3, 0.4) is 0 Å². The Bertz CT molecular complexity index is 821. The van der Waals surface area contributed by atoms with Crippen molar-refractivity contribution in [1.82, 2.24) is 0 Å². The molecule has 0 radical (unpaired) electrons. The van der Waals surface area contributed by atoms with Crippen molar-refractivity contribution in [3.8, 4) is 0 Å². The number of primary sulfonamides is 1. The van der Waals surface area contributed by atoms with Crippen molar-refractivity contribution in [3.05, 3.63) is 44.3 Å². The van der Waals surface area contributed by atoms with E-state index in [2.05, 4.69) is 5.32 Å². The largest absolute Gasteiger partial charge is 0.321 e. The SMILES string of the molecule is NS(=O)(=O)c1ccc(F)cc1NC(=O)c1cc(Cl)sc1Cl. The van der Waals surface area contributed by atoms with E-state index in [-0.39, 0.29) is 19.9 Å². The first-order chi connectivity index (χ1) is 9.68. The quantitative estimate of drug-likeness (QED) is 0.871. The van der Waals surface area contributed by atoms with Crippen LogP contribution in [0.5, 0.6) is 0 Å². The predicted octanol–water partition coefficient (Wildman–Crippen LogP) is 3.09. The summed E-state index contributed by atoms with van der Waals surface area (Å²) < 4.78 is 36.5. The molecular formula is C11H7Cl2FN2O3S2. The smallest absolute Gasteiger partial charge is 0.258 e. The first kappa shape index (κ1) is 16.2. The molecule has 0 aliphatic carbocycles. The number of carbonyl (C=O) groups excluding carboxylic acids is 1. The number of carbonyl (C=O) groups is 1. The maximum atomic E-state index is 13.2. The lowest BCUT2D eigenvalue weighted by molar-refractivity contribution is 0.102.